The number of pyridine rings is 1. The predicted octanol–water partition coefficient (Wildman–Crippen LogP) is 6.03. The summed E-state index contributed by atoms with van der Waals surface area (Å²) in [5.74, 6) is -8.34. The van der Waals surface area contributed by atoms with Gasteiger partial charge in [0, 0.05) is 56.8 Å². The SMILES string of the molecule is CCC(=O)O.CCC(C)CC(=O)O.CCCCCN(CCC)CC(=O)NCCNC(=O)CCC(NC(=O)CCc1ccc(OS(=O)(=O)F)cc1)C(=O)NCCOc1ccc2nccc(C(=O)NCC(=O)N3CC(F)(F)CC3C#N)c2c1.CCCN(CCC)CC(=O)O. The van der Waals surface area contributed by atoms with Gasteiger partial charge in [-0.15, -0.1) is 0 Å². The molecule has 6 amide bonds. The molecule has 1 fully saturated rings. The molecule has 1 aliphatic rings. The second-order valence-corrected chi connectivity index (χ2v) is 22.5. The van der Waals surface area contributed by atoms with E-state index in [0.29, 0.717) is 28.8 Å². The van der Waals surface area contributed by atoms with Crippen LogP contribution in [0.3, 0.4) is 0 Å². The Morgan fingerprint density at radius 1 is 0.750 bits per heavy atom. The summed E-state index contributed by atoms with van der Waals surface area (Å²) in [5, 5.41) is 47.2. The van der Waals surface area contributed by atoms with Crippen molar-refractivity contribution in [2.24, 2.45) is 5.92 Å². The Labute approximate surface area is 537 Å². The highest BCUT2D eigenvalue weighted by Gasteiger charge is 2.47. The number of benzene rings is 2. The Morgan fingerprint density at radius 2 is 1.36 bits per heavy atom. The van der Waals surface area contributed by atoms with Crippen LogP contribution in [0.4, 0.5) is 12.7 Å². The molecule has 4 rings (SSSR count). The average Bonchev–Trinajstić information content (AvgIpc) is 1.16. The number of hydrogen-bond donors (Lipinski definition) is 8. The van der Waals surface area contributed by atoms with E-state index in [4.69, 9.17) is 20.1 Å². The Bertz CT molecular complexity index is 2950. The van der Waals surface area contributed by atoms with E-state index in [1.807, 2.05) is 25.7 Å². The monoisotopic (exact) mass is 1320 g/mol. The minimum atomic E-state index is -5.22. The van der Waals surface area contributed by atoms with Crippen LogP contribution < -0.4 is 35.5 Å². The number of carbonyl (C=O) groups excluding carboxylic acids is 6. The summed E-state index contributed by atoms with van der Waals surface area (Å²) in [5.41, 5.74) is 1.07. The number of rotatable bonds is 38. The number of carboxylic acids is 3. The van der Waals surface area contributed by atoms with Gasteiger partial charge in [0.1, 0.15) is 30.2 Å². The van der Waals surface area contributed by atoms with Gasteiger partial charge in [-0.05, 0) is 113 Å². The molecule has 0 aliphatic carbocycles. The molecule has 1 aliphatic heterocycles. The number of aryl methyl sites for hydroxylation is 1. The van der Waals surface area contributed by atoms with Gasteiger partial charge in [0.2, 0.25) is 29.5 Å². The normalized spacial score (nSPS) is 13.6. The number of carboxylic acid groups (broad SMARTS) is 3. The van der Waals surface area contributed by atoms with Crippen LogP contribution in [0.5, 0.6) is 11.5 Å². The zero-order valence-electron chi connectivity index (χ0n) is 53.7. The lowest BCUT2D eigenvalue weighted by Gasteiger charge is -2.21. The summed E-state index contributed by atoms with van der Waals surface area (Å²) in [6, 6.07) is 10.6. The van der Waals surface area contributed by atoms with Crippen molar-refractivity contribution in [1.82, 2.24) is 46.3 Å². The quantitative estimate of drug-likeness (QED) is 0.0240. The topological polar surface area (TPSA) is 373 Å². The van der Waals surface area contributed by atoms with E-state index in [0.717, 1.165) is 76.0 Å². The second kappa shape index (κ2) is 45.2. The van der Waals surface area contributed by atoms with Gasteiger partial charge in [-0.3, -0.25) is 57.9 Å². The van der Waals surface area contributed by atoms with Crippen molar-refractivity contribution in [2.75, 3.05) is 78.6 Å². The van der Waals surface area contributed by atoms with Gasteiger partial charge < -0.3 is 55.7 Å². The summed E-state index contributed by atoms with van der Waals surface area (Å²) in [4.78, 5) is 116. The largest absolute Gasteiger partial charge is 0.492 e. The highest BCUT2D eigenvalue weighted by atomic mass is 32.3. The fraction of sp³-hybridized carbons (Fsp3) is 0.597. The standard InChI is InChI=1S/C45H58F3N9O10S.C8H17NO2.C6H12O2.C3H6O2/c1-3-5-6-23-56(22-4-2)29-41(60)52-20-19-51-39(58)16-14-38(55-40(59)15-9-31-7-10-33(11-8-31)67-68(48,64)65)44(63)53-21-24-66-34-12-13-37-36(25-34)35(17-18-50-37)43(62)54-28-42(61)57-30-45(46,47)26-32(57)27-49;1-3-5-9(6-4-2)7-8(10)11;1-3-5(2)4-6(7)8;1-2-3(4)5/h7-8,10-13,17-18,25,32,38H,3-6,9,14-16,19-24,26,28-30H2,1-2H3,(H,51,58)(H,52,60)(H,53,63)(H,54,62)(H,55,59);3-7H2,1-2H3,(H,10,11);5H,3-4H2,1-2H3,(H,7,8);2H2,1H3,(H,4,5). The van der Waals surface area contributed by atoms with Gasteiger partial charge in [0.25, 0.3) is 11.8 Å². The lowest BCUT2D eigenvalue weighted by Crippen LogP contribution is -2.48. The van der Waals surface area contributed by atoms with Crippen molar-refractivity contribution < 1.29 is 88.5 Å². The molecule has 514 valence electrons. The molecule has 2 aromatic carbocycles. The van der Waals surface area contributed by atoms with E-state index in [-0.39, 0.29) is 94.4 Å². The van der Waals surface area contributed by atoms with Crippen molar-refractivity contribution in [1.29, 1.82) is 5.26 Å². The first kappa shape index (κ1) is 81.8. The molecule has 0 saturated carbocycles. The molecule has 30 heteroatoms. The number of ether oxygens (including phenoxy) is 1. The van der Waals surface area contributed by atoms with Crippen LogP contribution in [0.25, 0.3) is 10.9 Å². The maximum atomic E-state index is 13.9. The van der Waals surface area contributed by atoms with Crippen LogP contribution in [0.15, 0.2) is 54.7 Å². The molecule has 26 nitrogen and oxygen atoms in total. The highest BCUT2D eigenvalue weighted by Crippen LogP contribution is 2.32. The van der Waals surface area contributed by atoms with Crippen molar-refractivity contribution in [3.63, 3.8) is 0 Å². The summed E-state index contributed by atoms with van der Waals surface area (Å²) in [6.07, 6.45) is 7.96. The third-order valence-corrected chi connectivity index (χ3v) is 13.9. The molecule has 0 bridgehead atoms. The molecule has 3 unspecified atom stereocenters. The van der Waals surface area contributed by atoms with Gasteiger partial charge in [-0.1, -0.05) is 83.7 Å². The number of aromatic nitrogens is 1. The van der Waals surface area contributed by atoms with Crippen LogP contribution >= 0.6 is 0 Å². The number of nitrogens with zero attached hydrogens (tertiary/aromatic N) is 5. The van der Waals surface area contributed by atoms with Crippen molar-refractivity contribution >= 4 is 74.8 Å². The molecular weight excluding hydrogens is 1230 g/mol. The predicted molar refractivity (Wildman–Crippen MR) is 336 cm³/mol. The first-order chi connectivity index (χ1) is 43.5. The summed E-state index contributed by atoms with van der Waals surface area (Å²) < 4.78 is 72.2. The maximum absolute atomic E-state index is 13.9. The zero-order valence-corrected chi connectivity index (χ0v) is 54.6. The van der Waals surface area contributed by atoms with Gasteiger partial charge in [0.05, 0.1) is 49.9 Å². The van der Waals surface area contributed by atoms with Crippen LogP contribution in [-0.2, 0) is 55.3 Å². The van der Waals surface area contributed by atoms with E-state index >= 15 is 0 Å². The van der Waals surface area contributed by atoms with Gasteiger partial charge in [0.15, 0.2) is 0 Å². The number of unbranched alkanes of at least 4 members (excludes halogenated alkanes) is 2. The molecule has 0 spiro atoms. The fourth-order valence-corrected chi connectivity index (χ4v) is 9.12. The molecule has 92 heavy (non-hydrogen) atoms. The van der Waals surface area contributed by atoms with Gasteiger partial charge in [-0.25, -0.2) is 8.78 Å². The van der Waals surface area contributed by atoms with Crippen LogP contribution in [-0.4, -0.2) is 193 Å². The van der Waals surface area contributed by atoms with E-state index in [1.54, 1.807) is 25.1 Å². The molecule has 2 heterocycles. The van der Waals surface area contributed by atoms with Crippen LogP contribution in [0, 0.1) is 17.2 Å². The smallest absolute Gasteiger partial charge is 0.488 e. The van der Waals surface area contributed by atoms with Crippen molar-refractivity contribution in [3.8, 4) is 17.6 Å². The number of aliphatic carboxylic acids is 3. The number of fused-ring (bicyclic) bond motifs is 1. The average molecular weight is 1320 g/mol. The Kier molecular flexibility index (Phi) is 40.2. The fourth-order valence-electron chi connectivity index (χ4n) is 8.78. The molecule has 8 N–H and O–H groups in total. The van der Waals surface area contributed by atoms with Crippen molar-refractivity contribution in [2.45, 2.75) is 156 Å². The van der Waals surface area contributed by atoms with Gasteiger partial charge >= 0.3 is 28.4 Å². The van der Waals surface area contributed by atoms with Gasteiger partial charge in [-0.2, -0.15) is 13.7 Å². The zero-order chi connectivity index (χ0) is 69.2. The molecule has 1 saturated heterocycles. The highest BCUT2D eigenvalue weighted by molar-refractivity contribution is 7.81. The van der Waals surface area contributed by atoms with Crippen LogP contribution in [0.2, 0.25) is 0 Å². The number of amides is 6. The Morgan fingerprint density at radius 3 is 1.90 bits per heavy atom. The van der Waals surface area contributed by atoms with E-state index in [1.165, 1.54) is 42.6 Å². The molecule has 3 atom stereocenters. The second-order valence-electron chi connectivity index (χ2n) is 21.6. The number of likely N-dealkylation sites (tertiary alicyclic amines) is 1. The van der Waals surface area contributed by atoms with E-state index in [2.05, 4.69) is 61.4 Å². The molecular formula is C62H93F3N10O16S. The first-order valence-electron chi connectivity index (χ1n) is 30.8. The van der Waals surface area contributed by atoms with E-state index < -0.39 is 95.5 Å². The minimum absolute atomic E-state index is 0.0613. The molecule has 1 aromatic heterocycles. The number of halogens is 3. The lowest BCUT2D eigenvalue weighted by molar-refractivity contribution is -0.139. The Hall–Kier alpha value is -8.17. The number of hydrogen-bond acceptors (Lipinski definition) is 17. The van der Waals surface area contributed by atoms with Crippen molar-refractivity contribution in [3.05, 3.63) is 65.9 Å². The molecule has 0 radical (unpaired) electrons. The third-order valence-electron chi connectivity index (χ3n) is 13.6. The van der Waals surface area contributed by atoms with E-state index in [9.17, 15) is 69.5 Å². The number of nitriles is 1. The summed E-state index contributed by atoms with van der Waals surface area (Å²) >= 11 is 0. The molecule has 3 aromatic rings. The lowest BCUT2D eigenvalue weighted by atomic mass is 10.1. The Balaban J connectivity index is 0.00000148. The summed E-state index contributed by atoms with van der Waals surface area (Å²) in [6.45, 7) is 16.3. The summed E-state index contributed by atoms with van der Waals surface area (Å²) in [7, 11) is -5.22. The number of alkyl halides is 2. The first-order valence-corrected chi connectivity index (χ1v) is 32.1. The maximum Gasteiger partial charge on any atom is 0.488 e. The number of nitrogens with one attached hydrogen (secondary N) is 5. The van der Waals surface area contributed by atoms with Crippen LogP contribution in [0.1, 0.15) is 148 Å². The third kappa shape index (κ3) is 36.6. The number of carbonyl (C=O) groups is 9. The minimum Gasteiger partial charge on any atom is -0.492 e.